The summed E-state index contributed by atoms with van der Waals surface area (Å²) < 4.78 is 2.28. The number of para-hydroxylation sites is 1. The normalized spacial score (nSPS) is 10.9. The first-order valence-electron chi connectivity index (χ1n) is 8.99. The van der Waals surface area contributed by atoms with E-state index in [4.69, 9.17) is 4.98 Å². The van der Waals surface area contributed by atoms with Crippen LogP contribution in [0.3, 0.4) is 0 Å². The van der Waals surface area contributed by atoms with Crippen molar-refractivity contribution in [2.24, 2.45) is 0 Å². The van der Waals surface area contributed by atoms with Crippen LogP contribution in [0.4, 0.5) is 0 Å². The molecule has 3 aromatic rings. The lowest BCUT2D eigenvalue weighted by atomic mass is 10.0. The molecule has 0 fully saturated rings. The van der Waals surface area contributed by atoms with Crippen molar-refractivity contribution in [2.75, 3.05) is 0 Å². The molecule has 0 bridgehead atoms. The first-order chi connectivity index (χ1) is 11.8. The second-order valence-corrected chi connectivity index (χ2v) is 6.37. The molecule has 2 aromatic carbocycles. The maximum atomic E-state index is 4.77. The van der Waals surface area contributed by atoms with Crippen molar-refractivity contribution < 1.29 is 0 Å². The summed E-state index contributed by atoms with van der Waals surface area (Å²) in [6.45, 7) is 4.42. The van der Waals surface area contributed by atoms with E-state index in [1.807, 2.05) is 6.33 Å². The van der Waals surface area contributed by atoms with Crippen molar-refractivity contribution in [3.05, 3.63) is 72.2 Å². The number of unbranched alkanes of at least 4 members (excludes halogenated alkanes) is 3. The third-order valence-electron chi connectivity index (χ3n) is 4.56. The number of nitrogens with zero attached hydrogens (tertiary/aromatic N) is 2. The van der Waals surface area contributed by atoms with Gasteiger partial charge in [0.1, 0.15) is 6.33 Å². The minimum Gasteiger partial charge on any atom is -0.302 e. The summed E-state index contributed by atoms with van der Waals surface area (Å²) in [5.41, 5.74) is 6.17. The molecule has 0 atom stereocenters. The molecule has 1 heterocycles. The maximum absolute atomic E-state index is 4.77. The van der Waals surface area contributed by atoms with E-state index in [1.54, 1.807) is 0 Å². The number of aryl methyl sites for hydroxylation is 1. The van der Waals surface area contributed by atoms with Gasteiger partial charge >= 0.3 is 0 Å². The van der Waals surface area contributed by atoms with E-state index in [0.717, 1.165) is 12.1 Å². The van der Waals surface area contributed by atoms with E-state index in [1.165, 1.54) is 48.2 Å². The van der Waals surface area contributed by atoms with E-state index in [2.05, 4.69) is 73.0 Å². The Bertz CT molecular complexity index is 772. The highest BCUT2D eigenvalue weighted by Crippen LogP contribution is 2.27. The van der Waals surface area contributed by atoms with Gasteiger partial charge < -0.3 is 4.57 Å². The fourth-order valence-corrected chi connectivity index (χ4v) is 3.21. The molecule has 0 unspecified atom stereocenters. The lowest BCUT2D eigenvalue weighted by Gasteiger charge is -2.12. The number of hydrogen-bond acceptors (Lipinski definition) is 1. The predicted octanol–water partition coefficient (Wildman–Crippen LogP) is 5.97. The van der Waals surface area contributed by atoms with E-state index < -0.39 is 0 Å². The largest absolute Gasteiger partial charge is 0.302 e. The average molecular weight is 318 g/mol. The zero-order valence-corrected chi connectivity index (χ0v) is 14.7. The molecule has 0 aliphatic rings. The van der Waals surface area contributed by atoms with Crippen LogP contribution >= 0.6 is 0 Å². The molecule has 0 radical (unpaired) electrons. The molecule has 24 heavy (non-hydrogen) atoms. The van der Waals surface area contributed by atoms with Crippen molar-refractivity contribution in [1.29, 1.82) is 0 Å². The van der Waals surface area contributed by atoms with Gasteiger partial charge in [-0.1, -0.05) is 74.7 Å². The molecular formula is C22H26N2. The fourth-order valence-electron chi connectivity index (χ4n) is 3.21. The molecule has 0 N–H and O–H groups in total. The minimum absolute atomic E-state index is 1.07. The predicted molar refractivity (Wildman–Crippen MR) is 102 cm³/mol. The molecule has 0 saturated carbocycles. The molecule has 124 valence electrons. The van der Waals surface area contributed by atoms with Crippen LogP contribution in [0.25, 0.3) is 16.9 Å². The Labute approximate surface area is 145 Å². The van der Waals surface area contributed by atoms with Gasteiger partial charge in [-0.15, -0.1) is 0 Å². The summed E-state index contributed by atoms with van der Waals surface area (Å²) in [5, 5.41) is 0. The summed E-state index contributed by atoms with van der Waals surface area (Å²) >= 11 is 0. The fraction of sp³-hybridized carbons (Fsp3) is 0.318. The van der Waals surface area contributed by atoms with Crippen molar-refractivity contribution in [3.63, 3.8) is 0 Å². The van der Waals surface area contributed by atoms with E-state index in [9.17, 15) is 0 Å². The SMILES string of the molecule is CCCCCCc1c(-c2ccccc2)ncn1-c1ccccc1C. The van der Waals surface area contributed by atoms with E-state index in [0.29, 0.717) is 0 Å². The smallest absolute Gasteiger partial charge is 0.100 e. The first kappa shape index (κ1) is 16.5. The molecule has 2 nitrogen and oxygen atoms in total. The van der Waals surface area contributed by atoms with Crippen molar-refractivity contribution in [3.8, 4) is 16.9 Å². The zero-order valence-electron chi connectivity index (χ0n) is 14.7. The number of aromatic nitrogens is 2. The van der Waals surface area contributed by atoms with Gasteiger partial charge in [-0.2, -0.15) is 0 Å². The van der Waals surface area contributed by atoms with Gasteiger partial charge in [-0.05, 0) is 31.4 Å². The highest BCUT2D eigenvalue weighted by atomic mass is 15.1. The maximum Gasteiger partial charge on any atom is 0.100 e. The van der Waals surface area contributed by atoms with Crippen LogP contribution in [0.15, 0.2) is 60.9 Å². The van der Waals surface area contributed by atoms with E-state index >= 15 is 0 Å². The van der Waals surface area contributed by atoms with Crippen LogP contribution in [0.1, 0.15) is 43.9 Å². The molecule has 0 aliphatic carbocycles. The molecule has 0 amide bonds. The summed E-state index contributed by atoms with van der Waals surface area (Å²) in [7, 11) is 0. The molecule has 1 aromatic heterocycles. The first-order valence-corrected chi connectivity index (χ1v) is 8.99. The third kappa shape index (κ3) is 3.59. The van der Waals surface area contributed by atoms with Gasteiger partial charge in [0, 0.05) is 11.3 Å². The van der Waals surface area contributed by atoms with Crippen LogP contribution in [0.5, 0.6) is 0 Å². The van der Waals surface area contributed by atoms with Crippen LogP contribution < -0.4 is 0 Å². The second kappa shape index (κ2) is 7.96. The molecule has 3 rings (SSSR count). The number of imidazole rings is 1. The lowest BCUT2D eigenvalue weighted by molar-refractivity contribution is 0.656. The summed E-state index contributed by atoms with van der Waals surface area (Å²) in [6, 6.07) is 19.1. The van der Waals surface area contributed by atoms with Crippen molar-refractivity contribution >= 4 is 0 Å². The Morgan fingerprint density at radius 1 is 0.875 bits per heavy atom. The van der Waals surface area contributed by atoms with Gasteiger partial charge in [0.2, 0.25) is 0 Å². The highest BCUT2D eigenvalue weighted by Gasteiger charge is 2.14. The van der Waals surface area contributed by atoms with Crippen molar-refractivity contribution in [1.82, 2.24) is 9.55 Å². The monoisotopic (exact) mass is 318 g/mol. The van der Waals surface area contributed by atoms with Crippen LogP contribution in [0, 0.1) is 6.92 Å². The minimum atomic E-state index is 1.07. The summed E-state index contributed by atoms with van der Waals surface area (Å²) in [5.74, 6) is 0. The van der Waals surface area contributed by atoms with Gasteiger partial charge in [0.05, 0.1) is 11.4 Å². The Morgan fingerprint density at radius 3 is 2.38 bits per heavy atom. The highest BCUT2D eigenvalue weighted by molar-refractivity contribution is 5.63. The number of benzene rings is 2. The van der Waals surface area contributed by atoms with E-state index in [-0.39, 0.29) is 0 Å². The zero-order chi connectivity index (χ0) is 16.8. The van der Waals surface area contributed by atoms with Gasteiger partial charge in [-0.25, -0.2) is 4.98 Å². The van der Waals surface area contributed by atoms with Crippen molar-refractivity contribution in [2.45, 2.75) is 46.0 Å². The standard InChI is InChI=1S/C22H26N2/c1-3-4-5-9-16-21-22(19-13-7-6-8-14-19)23-17-24(21)20-15-11-10-12-18(20)2/h6-8,10-15,17H,3-5,9,16H2,1-2H3. The second-order valence-electron chi connectivity index (χ2n) is 6.37. The lowest BCUT2D eigenvalue weighted by Crippen LogP contribution is -2.02. The Kier molecular flexibility index (Phi) is 5.47. The van der Waals surface area contributed by atoms with Gasteiger partial charge in [0.25, 0.3) is 0 Å². The van der Waals surface area contributed by atoms with Crippen LogP contribution in [-0.2, 0) is 6.42 Å². The summed E-state index contributed by atoms with van der Waals surface area (Å²) in [6.07, 6.45) is 8.12. The van der Waals surface area contributed by atoms with Gasteiger partial charge in [0.15, 0.2) is 0 Å². The summed E-state index contributed by atoms with van der Waals surface area (Å²) in [4.78, 5) is 4.77. The van der Waals surface area contributed by atoms with Gasteiger partial charge in [-0.3, -0.25) is 0 Å². The third-order valence-corrected chi connectivity index (χ3v) is 4.56. The quantitative estimate of drug-likeness (QED) is 0.491. The Balaban J connectivity index is 2.00. The topological polar surface area (TPSA) is 17.8 Å². The average Bonchev–Trinajstić information content (AvgIpc) is 3.03. The van der Waals surface area contributed by atoms with Crippen LogP contribution in [-0.4, -0.2) is 9.55 Å². The Hall–Kier alpha value is -2.35. The Morgan fingerprint density at radius 2 is 1.62 bits per heavy atom. The molecule has 0 saturated heterocycles. The molecular weight excluding hydrogens is 292 g/mol. The molecule has 0 spiro atoms. The number of rotatable bonds is 7. The number of hydrogen-bond donors (Lipinski definition) is 0. The van der Waals surface area contributed by atoms with Crippen LogP contribution in [0.2, 0.25) is 0 Å². The molecule has 0 aliphatic heterocycles. The molecule has 2 heteroatoms.